The van der Waals surface area contributed by atoms with Crippen LogP contribution in [-0.4, -0.2) is 18.3 Å². The maximum Gasteiger partial charge on any atom is 0.487 e. The molecule has 0 atom stereocenters. The van der Waals surface area contributed by atoms with Crippen molar-refractivity contribution in [3.63, 3.8) is 0 Å². The van der Waals surface area contributed by atoms with Crippen LogP contribution in [0.3, 0.4) is 0 Å². The van der Waals surface area contributed by atoms with Gasteiger partial charge in [-0.15, -0.1) is 0 Å². The largest absolute Gasteiger partial charge is 0.487 e. The summed E-state index contributed by atoms with van der Waals surface area (Å²) < 4.78 is 11.9. The van der Waals surface area contributed by atoms with E-state index >= 15 is 0 Å². The highest BCUT2D eigenvalue weighted by atomic mass is 16.7. The summed E-state index contributed by atoms with van der Waals surface area (Å²) in [7, 11) is -0.178. The molecule has 1 heterocycles. The summed E-state index contributed by atoms with van der Waals surface area (Å²) in [4.78, 5) is 0. The van der Waals surface area contributed by atoms with E-state index < -0.39 is 0 Å². The van der Waals surface area contributed by atoms with Gasteiger partial charge in [0.1, 0.15) is 0 Å². The van der Waals surface area contributed by atoms with E-state index in [4.69, 9.17) is 9.31 Å². The lowest BCUT2D eigenvalue weighted by Crippen LogP contribution is -2.41. The Balaban J connectivity index is 2.10. The minimum atomic E-state index is -0.223. The van der Waals surface area contributed by atoms with Crippen LogP contribution < -0.4 is 0 Å². The second kappa shape index (κ2) is 3.36. The molecule has 0 N–H and O–H groups in total. The van der Waals surface area contributed by atoms with Crippen LogP contribution in [0.15, 0.2) is 11.5 Å². The van der Waals surface area contributed by atoms with E-state index in [1.165, 1.54) is 18.4 Å². The van der Waals surface area contributed by atoms with E-state index in [9.17, 15) is 0 Å². The molecule has 1 saturated heterocycles. The van der Waals surface area contributed by atoms with Gasteiger partial charge in [-0.2, -0.15) is 0 Å². The highest BCUT2D eigenvalue weighted by Gasteiger charge is 2.51. The van der Waals surface area contributed by atoms with Crippen molar-refractivity contribution in [3.05, 3.63) is 11.5 Å². The zero-order valence-corrected chi connectivity index (χ0v) is 11.4. The van der Waals surface area contributed by atoms with Crippen molar-refractivity contribution < 1.29 is 9.31 Å². The fourth-order valence-electron chi connectivity index (χ4n) is 1.94. The minimum absolute atomic E-state index is 0.178. The monoisotopic (exact) mass is 222 g/mol. The van der Waals surface area contributed by atoms with Crippen LogP contribution in [0.5, 0.6) is 0 Å². The first kappa shape index (κ1) is 12.2. The van der Waals surface area contributed by atoms with Gasteiger partial charge in [0.15, 0.2) is 0 Å². The van der Waals surface area contributed by atoms with Crippen LogP contribution in [0, 0.1) is 5.41 Å². The summed E-state index contributed by atoms with van der Waals surface area (Å²) in [6.07, 6.45) is 2.60. The quantitative estimate of drug-likeness (QED) is 0.667. The normalized spacial score (nSPS) is 30.6. The molecule has 1 aliphatic heterocycles. The van der Waals surface area contributed by atoms with Gasteiger partial charge in [0.05, 0.1) is 11.2 Å². The zero-order chi connectivity index (χ0) is 12.2. The van der Waals surface area contributed by atoms with Crippen LogP contribution >= 0.6 is 0 Å². The van der Waals surface area contributed by atoms with Gasteiger partial charge in [-0.25, -0.2) is 0 Å². The van der Waals surface area contributed by atoms with Crippen molar-refractivity contribution in [2.45, 2.75) is 65.6 Å². The molecule has 0 aromatic rings. The molecule has 16 heavy (non-hydrogen) atoms. The van der Waals surface area contributed by atoms with Crippen molar-refractivity contribution >= 4 is 7.12 Å². The number of rotatable bonds is 2. The topological polar surface area (TPSA) is 18.5 Å². The summed E-state index contributed by atoms with van der Waals surface area (Å²) >= 11 is 0. The Hall–Kier alpha value is -0.275. The van der Waals surface area contributed by atoms with Gasteiger partial charge in [0, 0.05) is 0 Å². The van der Waals surface area contributed by atoms with E-state index in [1.54, 1.807) is 0 Å². The maximum absolute atomic E-state index is 5.96. The van der Waals surface area contributed by atoms with E-state index in [0.29, 0.717) is 5.41 Å². The molecule has 0 unspecified atom stereocenters. The smallest absolute Gasteiger partial charge is 0.400 e. The Kier molecular flexibility index (Phi) is 2.56. The summed E-state index contributed by atoms with van der Waals surface area (Å²) in [5.74, 6) is 2.16. The summed E-state index contributed by atoms with van der Waals surface area (Å²) in [6.45, 7) is 12.9. The molecular formula is C13H23BO2. The minimum Gasteiger partial charge on any atom is -0.400 e. The predicted molar refractivity (Wildman–Crippen MR) is 67.2 cm³/mol. The van der Waals surface area contributed by atoms with Gasteiger partial charge in [0.2, 0.25) is 0 Å². The van der Waals surface area contributed by atoms with Gasteiger partial charge >= 0.3 is 7.12 Å². The first-order chi connectivity index (χ1) is 7.16. The Morgan fingerprint density at radius 1 is 1.00 bits per heavy atom. The Bertz CT molecular complexity index is 311. The highest BCUT2D eigenvalue weighted by molar-refractivity contribution is 6.51. The number of hydrogen-bond acceptors (Lipinski definition) is 2. The molecule has 1 aliphatic carbocycles. The number of allylic oxidation sites excluding steroid dienone is 1. The number of hydrogen-bond donors (Lipinski definition) is 0. The third-order valence-corrected chi connectivity index (χ3v) is 4.61. The molecule has 2 rings (SSSR count). The van der Waals surface area contributed by atoms with Gasteiger partial charge in [-0.1, -0.05) is 18.5 Å². The average molecular weight is 222 g/mol. The average Bonchev–Trinajstić information content (AvgIpc) is 2.78. The van der Waals surface area contributed by atoms with Crippen molar-refractivity contribution in [2.24, 2.45) is 5.41 Å². The molecule has 1 saturated carbocycles. The molecule has 0 bridgehead atoms. The van der Waals surface area contributed by atoms with E-state index in [0.717, 1.165) is 0 Å². The molecule has 2 nitrogen and oxygen atoms in total. The van der Waals surface area contributed by atoms with Gasteiger partial charge in [0.25, 0.3) is 0 Å². The molecular weight excluding hydrogens is 199 g/mol. The molecule has 3 heteroatoms. The molecule has 90 valence electrons. The lowest BCUT2D eigenvalue weighted by Gasteiger charge is -2.32. The molecule has 0 aromatic heterocycles. The Morgan fingerprint density at radius 3 is 1.81 bits per heavy atom. The Labute approximate surface area is 99.5 Å². The predicted octanol–water partition coefficient (Wildman–Crippen LogP) is 3.36. The molecule has 0 amide bonds. The lowest BCUT2D eigenvalue weighted by molar-refractivity contribution is 0.00578. The van der Waals surface area contributed by atoms with Crippen molar-refractivity contribution in [2.75, 3.05) is 0 Å². The van der Waals surface area contributed by atoms with Crippen LogP contribution in [0.4, 0.5) is 0 Å². The first-order valence-corrected chi connectivity index (χ1v) is 6.21. The van der Waals surface area contributed by atoms with Crippen molar-refractivity contribution in [1.29, 1.82) is 0 Å². The van der Waals surface area contributed by atoms with Crippen molar-refractivity contribution in [3.8, 4) is 0 Å². The lowest BCUT2D eigenvalue weighted by atomic mass is 9.83. The van der Waals surface area contributed by atoms with Crippen LogP contribution in [-0.2, 0) is 9.31 Å². The maximum atomic E-state index is 5.96. The van der Waals surface area contributed by atoms with Crippen LogP contribution in [0.2, 0.25) is 0 Å². The van der Waals surface area contributed by atoms with E-state index in [1.807, 2.05) is 0 Å². The van der Waals surface area contributed by atoms with Gasteiger partial charge in [-0.05, 0) is 52.9 Å². The molecule has 0 spiro atoms. The van der Waals surface area contributed by atoms with E-state index in [-0.39, 0.29) is 18.3 Å². The summed E-state index contributed by atoms with van der Waals surface area (Å²) in [6, 6.07) is 0. The zero-order valence-electron chi connectivity index (χ0n) is 11.4. The third-order valence-electron chi connectivity index (χ3n) is 4.61. The van der Waals surface area contributed by atoms with E-state index in [2.05, 4.69) is 47.5 Å². The van der Waals surface area contributed by atoms with Gasteiger partial charge < -0.3 is 9.31 Å². The third kappa shape index (κ3) is 1.95. The SMILES string of the molecule is CC(=CB1OC(C)(C)C(C)(C)O1)C1(C)CC1. The summed E-state index contributed by atoms with van der Waals surface area (Å²) in [5, 5.41) is 0. The fourth-order valence-corrected chi connectivity index (χ4v) is 1.94. The van der Waals surface area contributed by atoms with Crippen molar-refractivity contribution in [1.82, 2.24) is 0 Å². The standard InChI is InChI=1S/C13H23BO2/c1-10(13(6)7-8-13)9-14-15-11(2,3)12(4,5)16-14/h9H,7-8H2,1-6H3. The molecule has 0 aromatic carbocycles. The second-order valence-electron chi connectivity index (χ2n) is 6.54. The summed E-state index contributed by atoms with van der Waals surface area (Å²) in [5.41, 5.74) is 1.38. The Morgan fingerprint density at radius 2 is 1.44 bits per heavy atom. The fraction of sp³-hybridized carbons (Fsp3) is 0.846. The second-order valence-corrected chi connectivity index (χ2v) is 6.54. The van der Waals surface area contributed by atoms with Crippen LogP contribution in [0.1, 0.15) is 54.4 Å². The highest BCUT2D eigenvalue weighted by Crippen LogP contribution is 2.51. The van der Waals surface area contributed by atoms with Gasteiger partial charge in [-0.3, -0.25) is 0 Å². The molecule has 2 fully saturated rings. The van der Waals surface area contributed by atoms with Crippen LogP contribution in [0.25, 0.3) is 0 Å². The molecule has 2 aliphatic rings. The first-order valence-electron chi connectivity index (χ1n) is 6.21. The molecule has 0 radical (unpaired) electrons.